The number of rotatable bonds is 5. The number of pyridine rings is 1. The van der Waals surface area contributed by atoms with Crippen molar-refractivity contribution >= 4 is 32.7 Å². The molecule has 3 aromatic heterocycles. The van der Waals surface area contributed by atoms with Gasteiger partial charge < -0.3 is 9.52 Å². The average molecular weight is 640 g/mol. The number of nitrogens with zero attached hydrogens (tertiary/aromatic N) is 3. The van der Waals surface area contributed by atoms with Gasteiger partial charge in [-0.05, 0) is 64.5 Å². The number of aromatic nitrogens is 3. The third-order valence-electron chi connectivity index (χ3n) is 10.2. The highest BCUT2D eigenvalue weighted by atomic mass is 16.3. The quantitative estimate of drug-likeness (QED) is 0.203. The van der Waals surface area contributed by atoms with Crippen LogP contribution in [0.3, 0.4) is 0 Å². The van der Waals surface area contributed by atoms with Crippen molar-refractivity contribution in [1.82, 2.24) is 14.5 Å². The normalized spacial score (nSPS) is 12.8. The number of para-hydroxylation sites is 2. The third-order valence-corrected chi connectivity index (χ3v) is 10.2. The molecule has 0 fully saturated rings. The second-order valence-corrected chi connectivity index (χ2v) is 13.9. The summed E-state index contributed by atoms with van der Waals surface area (Å²) >= 11 is 0. The second-order valence-electron chi connectivity index (χ2n) is 13.9. The van der Waals surface area contributed by atoms with Crippen LogP contribution >= 0.6 is 0 Å². The predicted octanol–water partition coefficient (Wildman–Crippen LogP) is 11.4. The van der Waals surface area contributed by atoms with E-state index >= 15 is 0 Å². The first kappa shape index (κ1) is 29.5. The molecular weight excluding hydrogens is 603 g/mol. The maximum absolute atomic E-state index is 11.7. The molecule has 5 nitrogen and oxygen atoms in total. The number of phenolic OH excluding ortho intramolecular Hbond substituents is 1. The number of hydrogen-bond acceptors (Lipinski definition) is 4. The zero-order chi connectivity index (χ0) is 33.4. The lowest BCUT2D eigenvalue weighted by molar-refractivity contribution is 0.476. The molecule has 0 saturated heterocycles. The summed E-state index contributed by atoms with van der Waals surface area (Å²) in [5.74, 6) is 1.31. The topological polar surface area (TPSA) is 64.1 Å². The van der Waals surface area contributed by atoms with E-state index < -0.39 is 0 Å². The van der Waals surface area contributed by atoms with Crippen LogP contribution in [0.5, 0.6) is 5.75 Å². The Morgan fingerprint density at radius 1 is 0.633 bits per heavy atom. The van der Waals surface area contributed by atoms with Crippen molar-refractivity contribution in [3.8, 4) is 45.5 Å². The molecule has 0 saturated carbocycles. The van der Waals surface area contributed by atoms with Crippen LogP contribution in [0.15, 0.2) is 114 Å². The molecule has 1 N–H and O–H groups in total. The monoisotopic (exact) mass is 639 g/mol. The van der Waals surface area contributed by atoms with Gasteiger partial charge in [0.2, 0.25) is 0 Å². The van der Waals surface area contributed by atoms with Gasteiger partial charge in [-0.1, -0.05) is 113 Å². The summed E-state index contributed by atoms with van der Waals surface area (Å²) in [6.45, 7) is 8.93. The Hall–Kier alpha value is -5.68. The first-order valence-corrected chi connectivity index (χ1v) is 17.2. The van der Waals surface area contributed by atoms with Gasteiger partial charge in [0.15, 0.2) is 0 Å². The minimum atomic E-state index is 0.121. The average Bonchev–Trinajstić information content (AvgIpc) is 3.71. The summed E-state index contributed by atoms with van der Waals surface area (Å²) in [7, 11) is 0. The van der Waals surface area contributed by atoms with Gasteiger partial charge in [0.25, 0.3) is 0 Å². The Kier molecular flexibility index (Phi) is 6.73. The van der Waals surface area contributed by atoms with Gasteiger partial charge in [-0.2, -0.15) is 0 Å². The van der Waals surface area contributed by atoms with Crippen molar-refractivity contribution < 1.29 is 9.52 Å². The smallest absolute Gasteiger partial charge is 0.149 e. The van der Waals surface area contributed by atoms with E-state index in [-0.39, 0.29) is 17.6 Å². The molecule has 0 atom stereocenters. The Bertz CT molecular complexity index is 2560. The highest BCUT2D eigenvalue weighted by molar-refractivity contribution is 6.07. The molecule has 3 heterocycles. The molecular formula is C44H37N3O2. The summed E-state index contributed by atoms with van der Waals surface area (Å²) in [5.41, 5.74) is 12.1. The van der Waals surface area contributed by atoms with Crippen LogP contribution < -0.4 is 0 Å². The van der Waals surface area contributed by atoms with Gasteiger partial charge in [-0.3, -0.25) is 4.57 Å². The fraction of sp³-hybridized carbons (Fsp3) is 0.182. The predicted molar refractivity (Wildman–Crippen MR) is 200 cm³/mol. The molecule has 0 aliphatic heterocycles. The van der Waals surface area contributed by atoms with E-state index in [0.29, 0.717) is 17.0 Å². The number of benzene rings is 5. The van der Waals surface area contributed by atoms with E-state index in [2.05, 4.69) is 111 Å². The molecule has 0 amide bonds. The molecule has 1 aliphatic rings. The minimum Gasteiger partial charge on any atom is -0.507 e. The Morgan fingerprint density at radius 3 is 2.10 bits per heavy atom. The van der Waals surface area contributed by atoms with Gasteiger partial charge in [0.1, 0.15) is 28.4 Å². The van der Waals surface area contributed by atoms with Crippen LogP contribution in [-0.2, 0) is 12.8 Å². The standard InChI is InChI=1S/C44H37N3O2/c1-25(2)28-17-11-18-29(26(3)4)43(28)47-24-37(45-44(47)36-22-35-32-15-9-10-19-39(32)49-40(35)23-38(36)48)42-33-16-8-7-14-31(33)34-21-20-27-12-5-6-13-30(27)41(34)46-42/h5-19,22-26,48H,20-21H2,1-4H3. The van der Waals surface area contributed by atoms with Crippen LogP contribution in [-0.4, -0.2) is 19.6 Å². The summed E-state index contributed by atoms with van der Waals surface area (Å²) in [6, 6.07) is 35.6. The van der Waals surface area contributed by atoms with Crippen molar-refractivity contribution in [2.75, 3.05) is 0 Å². The molecule has 1 aliphatic carbocycles. The molecule has 5 heteroatoms. The number of hydrogen-bond donors (Lipinski definition) is 1. The Morgan fingerprint density at radius 2 is 1.33 bits per heavy atom. The van der Waals surface area contributed by atoms with E-state index in [4.69, 9.17) is 14.4 Å². The van der Waals surface area contributed by atoms with E-state index in [9.17, 15) is 5.11 Å². The maximum Gasteiger partial charge on any atom is 0.149 e. The summed E-state index contributed by atoms with van der Waals surface area (Å²) in [4.78, 5) is 10.9. The zero-order valence-electron chi connectivity index (χ0n) is 28.2. The van der Waals surface area contributed by atoms with E-state index in [1.54, 1.807) is 6.07 Å². The number of phenols is 1. The maximum atomic E-state index is 11.7. The fourth-order valence-corrected chi connectivity index (χ4v) is 7.80. The lowest BCUT2D eigenvalue weighted by Gasteiger charge is -2.22. The SMILES string of the molecule is CC(C)c1cccc(C(C)C)c1-n1cc(-c2nc3c(c4ccccc24)CCc2ccccc2-3)nc1-c1cc2c(cc1O)oc1ccccc12. The lowest BCUT2D eigenvalue weighted by atomic mass is 9.86. The van der Waals surface area contributed by atoms with Gasteiger partial charge in [0.05, 0.1) is 22.6 Å². The first-order chi connectivity index (χ1) is 23.9. The van der Waals surface area contributed by atoms with Crippen molar-refractivity contribution in [2.24, 2.45) is 0 Å². The molecule has 240 valence electrons. The highest BCUT2D eigenvalue weighted by Crippen LogP contribution is 2.44. The lowest BCUT2D eigenvalue weighted by Crippen LogP contribution is -2.08. The highest BCUT2D eigenvalue weighted by Gasteiger charge is 2.27. The van der Waals surface area contributed by atoms with Crippen molar-refractivity contribution in [3.05, 3.63) is 132 Å². The Balaban J connectivity index is 1.38. The molecule has 49 heavy (non-hydrogen) atoms. The fourth-order valence-electron chi connectivity index (χ4n) is 7.80. The van der Waals surface area contributed by atoms with Crippen molar-refractivity contribution in [1.29, 1.82) is 0 Å². The molecule has 8 aromatic rings. The number of aryl methyl sites for hydroxylation is 2. The second kappa shape index (κ2) is 11.2. The molecule has 5 aromatic carbocycles. The van der Waals surface area contributed by atoms with Crippen LogP contribution in [0.4, 0.5) is 0 Å². The molecule has 0 radical (unpaired) electrons. The van der Waals surface area contributed by atoms with Crippen LogP contribution in [0, 0.1) is 0 Å². The summed E-state index contributed by atoms with van der Waals surface area (Å²) in [5, 5.41) is 15.9. The van der Waals surface area contributed by atoms with E-state index in [1.807, 2.05) is 24.3 Å². The molecule has 0 bridgehead atoms. The molecule has 9 rings (SSSR count). The van der Waals surface area contributed by atoms with Gasteiger partial charge >= 0.3 is 0 Å². The van der Waals surface area contributed by atoms with E-state index in [0.717, 1.165) is 57.4 Å². The van der Waals surface area contributed by atoms with Crippen molar-refractivity contribution in [2.45, 2.75) is 52.4 Å². The number of aromatic hydroxyl groups is 1. The van der Waals surface area contributed by atoms with Crippen LogP contribution in [0.2, 0.25) is 0 Å². The van der Waals surface area contributed by atoms with Crippen molar-refractivity contribution in [3.63, 3.8) is 0 Å². The molecule has 0 unspecified atom stereocenters. The number of furan rings is 1. The van der Waals surface area contributed by atoms with E-state index in [1.165, 1.54) is 33.2 Å². The largest absolute Gasteiger partial charge is 0.507 e. The van der Waals surface area contributed by atoms with Crippen LogP contribution in [0.25, 0.3) is 72.4 Å². The minimum absolute atomic E-state index is 0.121. The summed E-state index contributed by atoms with van der Waals surface area (Å²) < 4.78 is 8.35. The zero-order valence-corrected chi connectivity index (χ0v) is 28.2. The Labute approximate surface area is 285 Å². The molecule has 0 spiro atoms. The van der Waals surface area contributed by atoms with Crippen LogP contribution in [0.1, 0.15) is 61.8 Å². The van der Waals surface area contributed by atoms with Gasteiger partial charge in [-0.15, -0.1) is 0 Å². The first-order valence-electron chi connectivity index (χ1n) is 17.2. The number of fused-ring (bicyclic) bond motifs is 8. The summed E-state index contributed by atoms with van der Waals surface area (Å²) in [6.07, 6.45) is 4.09. The number of imidazole rings is 1. The third kappa shape index (κ3) is 4.60. The van der Waals surface area contributed by atoms with Gasteiger partial charge in [-0.25, -0.2) is 9.97 Å². The van der Waals surface area contributed by atoms with Gasteiger partial charge in [0, 0.05) is 34.0 Å².